The van der Waals surface area contributed by atoms with Gasteiger partial charge in [0.1, 0.15) is 0 Å². The summed E-state index contributed by atoms with van der Waals surface area (Å²) in [4.78, 5) is 20.4. The maximum absolute atomic E-state index is 13.7. The molecule has 29 heavy (non-hydrogen) atoms. The second kappa shape index (κ2) is 8.21. The molecule has 1 aromatic heterocycles. The second-order valence-electron chi connectivity index (χ2n) is 7.79. The maximum Gasteiger partial charge on any atom is 0.259 e. The molecule has 1 aliphatic heterocycles. The number of benzene rings is 2. The lowest BCUT2D eigenvalue weighted by Gasteiger charge is -2.30. The highest BCUT2D eigenvalue weighted by atomic mass is 35.5. The van der Waals surface area contributed by atoms with Gasteiger partial charge in [0, 0.05) is 34.9 Å². The van der Waals surface area contributed by atoms with E-state index in [-0.39, 0.29) is 30.7 Å². The van der Waals surface area contributed by atoms with Gasteiger partial charge in [0.2, 0.25) is 0 Å². The Kier molecular flexibility index (Phi) is 6.06. The molecule has 4 nitrogen and oxygen atoms in total. The number of carbonyl (C=O) groups excluding carboxylic acids is 1. The van der Waals surface area contributed by atoms with Crippen LogP contribution in [0.25, 0.3) is 10.9 Å². The minimum Gasteiger partial charge on any atom is -0.398 e. The third-order valence-corrected chi connectivity index (χ3v) is 5.74. The van der Waals surface area contributed by atoms with Crippen LogP contribution in [0.4, 0.5) is 11.4 Å². The number of amides is 1. The lowest BCUT2D eigenvalue weighted by Crippen LogP contribution is -2.36. The Morgan fingerprint density at radius 3 is 2.69 bits per heavy atom. The molecule has 0 spiro atoms. The molecule has 2 aromatic carbocycles. The molecule has 0 atom stereocenters. The number of aromatic nitrogens is 1. The summed E-state index contributed by atoms with van der Waals surface area (Å²) >= 11 is 0. The van der Waals surface area contributed by atoms with Crippen molar-refractivity contribution in [2.24, 2.45) is 0 Å². The smallest absolute Gasteiger partial charge is 0.259 e. The molecule has 2 aliphatic rings. The van der Waals surface area contributed by atoms with E-state index in [0.29, 0.717) is 5.92 Å². The summed E-state index contributed by atoms with van der Waals surface area (Å²) in [5, 5.41) is 0.945. The van der Waals surface area contributed by atoms with Crippen LogP contribution in [0.5, 0.6) is 0 Å². The van der Waals surface area contributed by atoms with Crippen LogP contribution in [0.2, 0.25) is 0 Å². The van der Waals surface area contributed by atoms with Crippen molar-refractivity contribution in [2.75, 3.05) is 17.2 Å². The number of hydrogen-bond donors (Lipinski definition) is 1. The van der Waals surface area contributed by atoms with Gasteiger partial charge in [-0.1, -0.05) is 17.7 Å². The highest BCUT2D eigenvalue weighted by Crippen LogP contribution is 2.41. The highest BCUT2D eigenvalue weighted by Gasteiger charge is 2.30. The van der Waals surface area contributed by atoms with E-state index in [1.807, 2.05) is 35.2 Å². The first-order chi connectivity index (χ1) is 13.1. The SMILES string of the molecule is Cc1ccc2nc(C3CC3)cc(C(=O)N3CCCc4c(N)cccc43)c2c1.Cl.Cl. The second-order valence-corrected chi connectivity index (χ2v) is 7.79. The molecule has 1 saturated carbocycles. The number of hydrogen-bond acceptors (Lipinski definition) is 3. The predicted molar refractivity (Wildman–Crippen MR) is 124 cm³/mol. The van der Waals surface area contributed by atoms with Crippen molar-refractivity contribution in [3.8, 4) is 0 Å². The molecule has 1 aliphatic carbocycles. The molecule has 3 aromatic rings. The van der Waals surface area contributed by atoms with E-state index in [9.17, 15) is 4.79 Å². The fourth-order valence-electron chi connectivity index (χ4n) is 4.13. The molecule has 2 N–H and O–H groups in total. The van der Waals surface area contributed by atoms with Crippen molar-refractivity contribution in [2.45, 2.75) is 38.5 Å². The van der Waals surface area contributed by atoms with E-state index in [1.165, 1.54) is 12.8 Å². The summed E-state index contributed by atoms with van der Waals surface area (Å²) < 4.78 is 0. The number of nitrogens with two attached hydrogens (primary N) is 1. The van der Waals surface area contributed by atoms with Gasteiger partial charge >= 0.3 is 0 Å². The number of halogens is 2. The van der Waals surface area contributed by atoms with Crippen molar-refractivity contribution in [3.05, 3.63) is 64.8 Å². The van der Waals surface area contributed by atoms with Crippen LogP contribution in [0.1, 0.15) is 52.4 Å². The van der Waals surface area contributed by atoms with Crippen LogP contribution >= 0.6 is 24.8 Å². The Morgan fingerprint density at radius 1 is 1.14 bits per heavy atom. The van der Waals surface area contributed by atoms with Crippen molar-refractivity contribution in [1.29, 1.82) is 0 Å². The van der Waals surface area contributed by atoms with E-state index < -0.39 is 0 Å². The minimum atomic E-state index is 0. The number of aryl methyl sites for hydroxylation is 1. The molecule has 5 rings (SSSR count). The largest absolute Gasteiger partial charge is 0.398 e. The zero-order chi connectivity index (χ0) is 18.5. The summed E-state index contributed by atoms with van der Waals surface area (Å²) in [6.45, 7) is 2.78. The third-order valence-electron chi connectivity index (χ3n) is 5.74. The summed E-state index contributed by atoms with van der Waals surface area (Å²) in [6, 6.07) is 14.1. The van der Waals surface area contributed by atoms with Gasteiger partial charge in [-0.25, -0.2) is 0 Å². The fourth-order valence-corrected chi connectivity index (χ4v) is 4.13. The van der Waals surface area contributed by atoms with Gasteiger partial charge < -0.3 is 10.6 Å². The monoisotopic (exact) mass is 429 g/mol. The normalized spacial score (nSPS) is 15.3. The molecule has 152 valence electrons. The number of rotatable bonds is 2. The van der Waals surface area contributed by atoms with Gasteiger partial charge in [-0.3, -0.25) is 9.78 Å². The molecule has 0 bridgehead atoms. The van der Waals surface area contributed by atoms with Crippen LogP contribution in [-0.2, 0) is 6.42 Å². The number of carbonyl (C=O) groups is 1. The molecule has 1 fully saturated rings. The zero-order valence-electron chi connectivity index (χ0n) is 16.4. The predicted octanol–water partition coefficient (Wildman–Crippen LogP) is 5.44. The standard InChI is InChI=1S/C23H23N3O.2ClH/c1-14-7-10-20-17(12-14)18(13-21(25-20)15-8-9-15)23(27)26-11-3-4-16-19(24)5-2-6-22(16)26;;/h2,5-7,10,12-13,15H,3-4,8-9,11,24H2,1H3;2*1H. The number of nitrogens with zero attached hydrogens (tertiary/aromatic N) is 2. The quantitative estimate of drug-likeness (QED) is 0.551. The number of fused-ring (bicyclic) bond motifs is 2. The van der Waals surface area contributed by atoms with E-state index in [1.54, 1.807) is 0 Å². The van der Waals surface area contributed by atoms with Gasteiger partial charge in [-0.2, -0.15) is 0 Å². The first kappa shape index (κ1) is 21.4. The molecular weight excluding hydrogens is 405 g/mol. The van der Waals surface area contributed by atoms with Gasteiger partial charge in [-0.15, -0.1) is 24.8 Å². The van der Waals surface area contributed by atoms with Crippen LogP contribution in [0.15, 0.2) is 42.5 Å². The summed E-state index contributed by atoms with van der Waals surface area (Å²) in [6.07, 6.45) is 4.20. The minimum absolute atomic E-state index is 0. The lowest BCUT2D eigenvalue weighted by atomic mass is 9.97. The fraction of sp³-hybridized carbons (Fsp3) is 0.304. The van der Waals surface area contributed by atoms with Crippen LogP contribution in [-0.4, -0.2) is 17.4 Å². The Balaban J connectivity index is 0.00000120. The summed E-state index contributed by atoms with van der Waals surface area (Å²) in [7, 11) is 0. The third kappa shape index (κ3) is 3.79. The average molecular weight is 430 g/mol. The topological polar surface area (TPSA) is 59.2 Å². The van der Waals surface area contributed by atoms with Gasteiger partial charge in [0.15, 0.2) is 0 Å². The average Bonchev–Trinajstić information content (AvgIpc) is 3.52. The summed E-state index contributed by atoms with van der Waals surface area (Å²) in [5.41, 5.74) is 12.9. The molecule has 0 saturated heterocycles. The Bertz CT molecular complexity index is 1080. The van der Waals surface area contributed by atoms with Crippen molar-refractivity contribution in [1.82, 2.24) is 4.98 Å². The van der Waals surface area contributed by atoms with Crippen LogP contribution in [0, 0.1) is 6.92 Å². The van der Waals surface area contributed by atoms with Crippen molar-refractivity contribution < 1.29 is 4.79 Å². The highest BCUT2D eigenvalue weighted by molar-refractivity contribution is 6.14. The van der Waals surface area contributed by atoms with Crippen molar-refractivity contribution in [3.63, 3.8) is 0 Å². The molecule has 6 heteroatoms. The number of nitrogen functional groups attached to an aromatic ring is 1. The number of pyridine rings is 1. The van der Waals surface area contributed by atoms with E-state index in [0.717, 1.165) is 64.0 Å². The van der Waals surface area contributed by atoms with Gasteiger partial charge in [0.05, 0.1) is 11.1 Å². The molecule has 0 unspecified atom stereocenters. The molecule has 2 heterocycles. The van der Waals surface area contributed by atoms with E-state index in [4.69, 9.17) is 10.7 Å². The van der Waals surface area contributed by atoms with Crippen LogP contribution in [0.3, 0.4) is 0 Å². The van der Waals surface area contributed by atoms with Crippen LogP contribution < -0.4 is 10.6 Å². The molecule has 1 amide bonds. The molecule has 0 radical (unpaired) electrons. The Labute approximate surface area is 183 Å². The first-order valence-electron chi connectivity index (χ1n) is 9.72. The number of anilines is 2. The van der Waals surface area contributed by atoms with E-state index in [2.05, 4.69) is 19.1 Å². The summed E-state index contributed by atoms with van der Waals surface area (Å²) in [5.74, 6) is 0.563. The van der Waals surface area contributed by atoms with Gasteiger partial charge in [0.25, 0.3) is 5.91 Å². The van der Waals surface area contributed by atoms with E-state index >= 15 is 0 Å². The Hall–Kier alpha value is -2.30. The maximum atomic E-state index is 13.7. The molecular formula is C23H25Cl2N3O. The van der Waals surface area contributed by atoms with Crippen molar-refractivity contribution >= 4 is 53.0 Å². The Morgan fingerprint density at radius 2 is 1.93 bits per heavy atom. The van der Waals surface area contributed by atoms with Gasteiger partial charge in [-0.05, 0) is 68.5 Å². The lowest BCUT2D eigenvalue weighted by molar-refractivity contribution is 0.0986. The first-order valence-corrected chi connectivity index (χ1v) is 9.72. The zero-order valence-corrected chi connectivity index (χ0v) is 18.0.